The van der Waals surface area contributed by atoms with Crippen LogP contribution in [0.4, 0.5) is 0 Å². The Morgan fingerprint density at radius 2 is 1.35 bits per heavy atom. The number of rotatable bonds is 5. The Morgan fingerprint density at radius 3 is 1.90 bits per heavy atom. The summed E-state index contributed by atoms with van der Waals surface area (Å²) in [5.74, 6) is 2.38. The van der Waals surface area contributed by atoms with E-state index in [0.717, 1.165) is 11.1 Å². The topological polar surface area (TPSA) is 86.6 Å². The number of aliphatic hydroxyl groups is 1. The quantitative estimate of drug-likeness (QED) is 0.641. The minimum Gasteiger partial charge on any atom is -0.504 e. The molecule has 2 atom stereocenters. The molecule has 0 bridgehead atoms. The third-order valence-electron chi connectivity index (χ3n) is 5.25. The number of aromatic hydroxyl groups is 1. The highest BCUT2D eigenvalue weighted by molar-refractivity contribution is 5.81. The van der Waals surface area contributed by atoms with Crippen LogP contribution in [0.1, 0.15) is 11.7 Å². The zero-order valence-electron chi connectivity index (χ0n) is 17.5. The number of methoxy groups -OCH3 is 3. The molecule has 0 aliphatic carbocycles. The summed E-state index contributed by atoms with van der Waals surface area (Å²) in [6.07, 6.45) is -1.50. The van der Waals surface area contributed by atoms with Crippen molar-refractivity contribution in [1.82, 2.24) is 0 Å². The number of para-hydroxylation sites is 2. The lowest BCUT2D eigenvalue weighted by Gasteiger charge is -2.33. The van der Waals surface area contributed by atoms with Gasteiger partial charge in [0, 0.05) is 16.7 Å². The maximum absolute atomic E-state index is 10.2. The van der Waals surface area contributed by atoms with Crippen molar-refractivity contribution >= 4 is 0 Å². The van der Waals surface area contributed by atoms with Crippen molar-refractivity contribution < 1.29 is 33.9 Å². The lowest BCUT2D eigenvalue weighted by Crippen LogP contribution is -2.34. The van der Waals surface area contributed by atoms with Crippen LogP contribution in [0, 0.1) is 0 Å². The van der Waals surface area contributed by atoms with Crippen molar-refractivity contribution in [2.45, 2.75) is 12.2 Å². The van der Waals surface area contributed by atoms with Gasteiger partial charge < -0.3 is 33.9 Å². The zero-order chi connectivity index (χ0) is 22.0. The molecule has 0 saturated carbocycles. The summed E-state index contributed by atoms with van der Waals surface area (Å²) in [7, 11) is 4.61. The Morgan fingerprint density at radius 1 is 0.774 bits per heavy atom. The molecule has 0 spiro atoms. The predicted octanol–water partition coefficient (Wildman–Crippen LogP) is 3.96. The van der Waals surface area contributed by atoms with Crippen LogP contribution in [0.2, 0.25) is 0 Å². The first-order valence-corrected chi connectivity index (χ1v) is 9.76. The van der Waals surface area contributed by atoms with E-state index in [1.807, 2.05) is 30.3 Å². The van der Waals surface area contributed by atoms with E-state index in [4.69, 9.17) is 23.7 Å². The van der Waals surface area contributed by atoms with E-state index in [0.29, 0.717) is 28.6 Å². The molecule has 0 unspecified atom stereocenters. The second-order valence-corrected chi connectivity index (χ2v) is 6.98. The summed E-state index contributed by atoms with van der Waals surface area (Å²) in [6, 6.07) is 16.0. The fraction of sp³-hybridized carbons (Fsp3) is 0.250. The molecule has 1 aliphatic heterocycles. The van der Waals surface area contributed by atoms with Crippen LogP contribution in [-0.4, -0.2) is 44.3 Å². The molecule has 31 heavy (non-hydrogen) atoms. The van der Waals surface area contributed by atoms with Gasteiger partial charge >= 0.3 is 0 Å². The van der Waals surface area contributed by atoms with E-state index in [9.17, 15) is 10.2 Å². The summed E-state index contributed by atoms with van der Waals surface area (Å²) in [5, 5.41) is 20.2. The van der Waals surface area contributed by atoms with E-state index < -0.39 is 12.2 Å². The van der Waals surface area contributed by atoms with Crippen molar-refractivity contribution in [3.05, 3.63) is 60.2 Å². The minimum absolute atomic E-state index is 0.00329. The Labute approximate surface area is 180 Å². The van der Waals surface area contributed by atoms with Gasteiger partial charge in [-0.2, -0.15) is 0 Å². The van der Waals surface area contributed by atoms with Gasteiger partial charge in [0.15, 0.2) is 46.7 Å². The third-order valence-corrected chi connectivity index (χ3v) is 5.25. The molecule has 0 radical (unpaired) electrons. The highest BCUT2D eigenvalue weighted by atomic mass is 16.6. The van der Waals surface area contributed by atoms with Gasteiger partial charge in [-0.15, -0.1) is 0 Å². The fourth-order valence-corrected chi connectivity index (χ4v) is 3.72. The average molecular weight is 424 g/mol. The molecule has 0 fully saturated rings. The predicted molar refractivity (Wildman–Crippen MR) is 115 cm³/mol. The molecule has 7 heteroatoms. The van der Waals surface area contributed by atoms with Gasteiger partial charge in [-0.05, 0) is 24.3 Å². The van der Waals surface area contributed by atoms with E-state index >= 15 is 0 Å². The molecule has 3 aromatic rings. The highest BCUT2D eigenvalue weighted by Crippen LogP contribution is 2.49. The van der Waals surface area contributed by atoms with Crippen LogP contribution in [0.15, 0.2) is 54.6 Å². The first-order valence-electron chi connectivity index (χ1n) is 9.76. The minimum atomic E-state index is -0.776. The average Bonchev–Trinajstić information content (AvgIpc) is 2.80. The molecule has 4 rings (SSSR count). The number of aliphatic hydroxyl groups excluding tert-OH is 1. The number of hydrogen-bond donors (Lipinski definition) is 2. The fourth-order valence-electron chi connectivity index (χ4n) is 3.72. The molecule has 7 nitrogen and oxygen atoms in total. The molecule has 0 amide bonds. The molecule has 2 N–H and O–H groups in total. The summed E-state index contributed by atoms with van der Waals surface area (Å²) in [4.78, 5) is 0. The molecular formula is C24H24O7. The number of ether oxygens (including phenoxy) is 5. The van der Waals surface area contributed by atoms with Gasteiger partial charge in [0.2, 0.25) is 0 Å². The molecule has 3 aromatic carbocycles. The smallest absolute Gasteiger partial charge is 0.170 e. The Balaban J connectivity index is 1.95. The number of hydrogen-bond acceptors (Lipinski definition) is 7. The summed E-state index contributed by atoms with van der Waals surface area (Å²) >= 11 is 0. The van der Waals surface area contributed by atoms with Crippen LogP contribution in [-0.2, 0) is 0 Å². The molecule has 1 heterocycles. The van der Waals surface area contributed by atoms with Gasteiger partial charge in [-0.25, -0.2) is 0 Å². The first kappa shape index (κ1) is 20.7. The van der Waals surface area contributed by atoms with E-state index in [1.54, 1.807) is 32.4 Å². The van der Waals surface area contributed by atoms with Crippen LogP contribution in [0.3, 0.4) is 0 Å². The summed E-state index contributed by atoms with van der Waals surface area (Å²) in [5.41, 5.74) is 2.18. The van der Waals surface area contributed by atoms with Crippen molar-refractivity contribution in [2.24, 2.45) is 0 Å². The SMILES string of the molecule is COc1cc([C@H]2Oc3c(OC)cccc3-c3cccc(OC)c3O[C@@H]2CO)ccc1O. The van der Waals surface area contributed by atoms with Crippen LogP contribution >= 0.6 is 0 Å². The van der Waals surface area contributed by atoms with Crippen molar-refractivity contribution in [2.75, 3.05) is 27.9 Å². The number of benzene rings is 3. The Kier molecular flexibility index (Phi) is 5.77. The lowest BCUT2D eigenvalue weighted by molar-refractivity contribution is 0.0108. The van der Waals surface area contributed by atoms with E-state index in [-0.39, 0.29) is 18.1 Å². The van der Waals surface area contributed by atoms with Gasteiger partial charge in [-0.3, -0.25) is 0 Å². The largest absolute Gasteiger partial charge is 0.504 e. The third kappa shape index (κ3) is 3.68. The molecule has 1 aliphatic rings. The lowest BCUT2D eigenvalue weighted by atomic mass is 9.98. The maximum Gasteiger partial charge on any atom is 0.170 e. The summed E-state index contributed by atoms with van der Waals surface area (Å²) in [6.45, 7) is -0.324. The summed E-state index contributed by atoms with van der Waals surface area (Å²) < 4.78 is 29.1. The van der Waals surface area contributed by atoms with Gasteiger partial charge in [0.25, 0.3) is 0 Å². The number of phenolic OH excluding ortho intramolecular Hbond substituents is 1. The monoisotopic (exact) mass is 424 g/mol. The van der Waals surface area contributed by atoms with Crippen LogP contribution in [0.5, 0.6) is 34.5 Å². The second-order valence-electron chi connectivity index (χ2n) is 6.98. The second kappa shape index (κ2) is 8.65. The van der Waals surface area contributed by atoms with Crippen LogP contribution in [0.25, 0.3) is 11.1 Å². The standard InChI is InChI=1S/C24H24O7/c1-27-18-8-4-6-15-16-7-5-9-19(28-2)24(16)31-22(21(13-25)30-23(15)18)14-10-11-17(26)20(12-14)29-3/h4-12,21-22,25-26H,13H2,1-3H3/t21-,22-/m1/s1. The number of phenols is 1. The Hall–Kier alpha value is -3.58. The molecular weight excluding hydrogens is 400 g/mol. The molecule has 162 valence electrons. The maximum atomic E-state index is 10.2. The zero-order valence-corrected chi connectivity index (χ0v) is 17.5. The first-order chi connectivity index (χ1) is 15.1. The van der Waals surface area contributed by atoms with Crippen molar-refractivity contribution in [1.29, 1.82) is 0 Å². The molecule has 0 aromatic heterocycles. The van der Waals surface area contributed by atoms with E-state index in [1.165, 1.54) is 13.2 Å². The van der Waals surface area contributed by atoms with Gasteiger partial charge in [0.05, 0.1) is 27.9 Å². The van der Waals surface area contributed by atoms with Gasteiger partial charge in [0.1, 0.15) is 0 Å². The van der Waals surface area contributed by atoms with Crippen LogP contribution < -0.4 is 23.7 Å². The Bertz CT molecular complexity index is 1080. The highest BCUT2D eigenvalue weighted by Gasteiger charge is 2.34. The van der Waals surface area contributed by atoms with Crippen molar-refractivity contribution in [3.63, 3.8) is 0 Å². The van der Waals surface area contributed by atoms with E-state index in [2.05, 4.69) is 0 Å². The normalized spacial score (nSPS) is 17.2. The molecule has 0 saturated heterocycles. The number of fused-ring (bicyclic) bond motifs is 3. The van der Waals surface area contributed by atoms with Gasteiger partial charge in [-0.1, -0.05) is 30.3 Å². The van der Waals surface area contributed by atoms with Crippen molar-refractivity contribution in [3.8, 4) is 45.6 Å².